The van der Waals surface area contributed by atoms with Gasteiger partial charge in [-0.25, -0.2) is 18.4 Å². The lowest BCUT2D eigenvalue weighted by Gasteiger charge is -2.18. The summed E-state index contributed by atoms with van der Waals surface area (Å²) in [4.78, 5) is 15.9. The van der Waals surface area contributed by atoms with Crippen molar-refractivity contribution < 1.29 is 13.6 Å². The van der Waals surface area contributed by atoms with Gasteiger partial charge in [-0.3, -0.25) is 10.1 Å². The predicted octanol–water partition coefficient (Wildman–Crippen LogP) is 1.44. The van der Waals surface area contributed by atoms with E-state index < -0.39 is 30.8 Å². The Kier molecular flexibility index (Phi) is 4.08. The van der Waals surface area contributed by atoms with Crippen LogP contribution in [0.15, 0.2) is 36.9 Å². The van der Waals surface area contributed by atoms with E-state index in [0.717, 1.165) is 11.3 Å². The van der Waals surface area contributed by atoms with Crippen LogP contribution in [-0.2, 0) is 4.79 Å². The fourth-order valence-corrected chi connectivity index (χ4v) is 2.56. The number of hydrogen-bond acceptors (Lipinski definition) is 4. The lowest BCUT2D eigenvalue weighted by Crippen LogP contribution is -2.41. The summed E-state index contributed by atoms with van der Waals surface area (Å²) in [5.41, 5.74) is 1.73. The number of benzene rings is 1. The first-order chi connectivity index (χ1) is 10.9. The maximum atomic E-state index is 13.1. The van der Waals surface area contributed by atoms with Crippen molar-refractivity contribution in [3.63, 3.8) is 0 Å². The largest absolute Gasteiger partial charge is 0.348 e. The molecule has 2 atom stereocenters. The summed E-state index contributed by atoms with van der Waals surface area (Å²) in [6, 6.07) is 6.31. The summed E-state index contributed by atoms with van der Waals surface area (Å²) in [6.45, 7) is 1.36. The third kappa shape index (κ3) is 3.53. The molecule has 2 heterocycles. The molecule has 1 aliphatic heterocycles. The number of carbonyl (C=O) groups excluding carboxylic acids is 1. The third-order valence-electron chi connectivity index (χ3n) is 3.86. The Morgan fingerprint density at radius 1 is 1.43 bits per heavy atom. The highest BCUT2D eigenvalue weighted by Gasteiger charge is 2.42. The van der Waals surface area contributed by atoms with Crippen molar-refractivity contribution in [2.45, 2.75) is 31.4 Å². The molecular weight excluding hydrogens is 304 g/mol. The highest BCUT2D eigenvalue weighted by Crippen LogP contribution is 2.25. The first-order valence-electron chi connectivity index (χ1n) is 7.31. The zero-order valence-corrected chi connectivity index (χ0v) is 12.5. The van der Waals surface area contributed by atoms with E-state index in [-0.39, 0.29) is 6.04 Å². The zero-order valence-electron chi connectivity index (χ0n) is 12.5. The molecule has 8 heteroatoms. The number of carbonyl (C=O) groups is 1. The quantitative estimate of drug-likeness (QED) is 0.894. The van der Waals surface area contributed by atoms with E-state index in [1.165, 1.54) is 6.33 Å². The average molecular weight is 321 g/mol. The molecule has 0 spiro atoms. The second-order valence-electron chi connectivity index (χ2n) is 5.66. The van der Waals surface area contributed by atoms with Gasteiger partial charge >= 0.3 is 0 Å². The minimum atomic E-state index is -2.81. The highest BCUT2D eigenvalue weighted by atomic mass is 19.3. The molecule has 1 amide bonds. The number of rotatable bonds is 4. The van der Waals surface area contributed by atoms with Gasteiger partial charge in [-0.05, 0) is 24.6 Å². The van der Waals surface area contributed by atoms with Gasteiger partial charge in [0.25, 0.3) is 5.92 Å². The number of nitrogens with one attached hydrogen (secondary N) is 2. The average Bonchev–Trinajstić information content (AvgIpc) is 3.16. The van der Waals surface area contributed by atoms with E-state index in [9.17, 15) is 13.6 Å². The molecular formula is C15H17F2N5O. The zero-order chi connectivity index (χ0) is 16.4. The summed E-state index contributed by atoms with van der Waals surface area (Å²) >= 11 is 0. The van der Waals surface area contributed by atoms with Crippen LogP contribution in [0.4, 0.5) is 8.78 Å². The summed E-state index contributed by atoms with van der Waals surface area (Å²) in [5, 5.41) is 9.34. The molecule has 0 bridgehead atoms. The SMILES string of the molecule is CC(NC(=O)C1CC(F)(F)CN1)c1ccc(-n2cncn2)cc1. The van der Waals surface area contributed by atoms with Crippen molar-refractivity contribution in [3.8, 4) is 5.69 Å². The fourth-order valence-electron chi connectivity index (χ4n) is 2.56. The van der Waals surface area contributed by atoms with Crippen LogP contribution in [0.3, 0.4) is 0 Å². The highest BCUT2D eigenvalue weighted by molar-refractivity contribution is 5.82. The smallest absolute Gasteiger partial charge is 0.262 e. The molecule has 1 aromatic heterocycles. The van der Waals surface area contributed by atoms with Crippen molar-refractivity contribution in [1.29, 1.82) is 0 Å². The summed E-state index contributed by atoms with van der Waals surface area (Å²) < 4.78 is 27.9. The van der Waals surface area contributed by atoms with Gasteiger partial charge in [0.1, 0.15) is 12.7 Å². The van der Waals surface area contributed by atoms with Crippen LogP contribution in [0, 0.1) is 0 Å². The van der Waals surface area contributed by atoms with Crippen LogP contribution in [0.2, 0.25) is 0 Å². The summed E-state index contributed by atoms with van der Waals surface area (Å²) in [6.07, 6.45) is 2.57. The molecule has 2 unspecified atom stereocenters. The van der Waals surface area contributed by atoms with Gasteiger partial charge in [-0.2, -0.15) is 5.10 Å². The minimum absolute atomic E-state index is 0.275. The number of alkyl halides is 2. The van der Waals surface area contributed by atoms with E-state index >= 15 is 0 Å². The Balaban J connectivity index is 1.62. The van der Waals surface area contributed by atoms with E-state index in [1.807, 2.05) is 31.2 Å². The normalized spacial score (nSPS) is 21.1. The van der Waals surface area contributed by atoms with Crippen molar-refractivity contribution in [1.82, 2.24) is 25.4 Å². The minimum Gasteiger partial charge on any atom is -0.348 e. The lowest BCUT2D eigenvalue weighted by molar-refractivity contribution is -0.124. The number of aromatic nitrogens is 3. The lowest BCUT2D eigenvalue weighted by atomic mass is 10.1. The number of halogens is 2. The van der Waals surface area contributed by atoms with E-state index in [0.29, 0.717) is 0 Å². The van der Waals surface area contributed by atoms with Crippen molar-refractivity contribution in [3.05, 3.63) is 42.5 Å². The van der Waals surface area contributed by atoms with Gasteiger partial charge in [-0.15, -0.1) is 0 Å². The first kappa shape index (κ1) is 15.5. The second-order valence-corrected chi connectivity index (χ2v) is 5.66. The van der Waals surface area contributed by atoms with Crippen molar-refractivity contribution in [2.24, 2.45) is 0 Å². The number of nitrogens with zero attached hydrogens (tertiary/aromatic N) is 3. The monoisotopic (exact) mass is 321 g/mol. The van der Waals surface area contributed by atoms with Gasteiger partial charge in [0.05, 0.1) is 24.3 Å². The summed E-state index contributed by atoms with van der Waals surface area (Å²) in [5.74, 6) is -3.22. The third-order valence-corrected chi connectivity index (χ3v) is 3.86. The van der Waals surface area contributed by atoms with E-state index in [4.69, 9.17) is 0 Å². The Labute approximate surface area is 131 Å². The Hall–Kier alpha value is -2.35. The van der Waals surface area contributed by atoms with Gasteiger partial charge in [0.15, 0.2) is 0 Å². The molecule has 23 heavy (non-hydrogen) atoms. The molecule has 1 aliphatic rings. The first-order valence-corrected chi connectivity index (χ1v) is 7.31. The van der Waals surface area contributed by atoms with E-state index in [1.54, 1.807) is 11.0 Å². The number of hydrogen-bond donors (Lipinski definition) is 2. The Bertz CT molecular complexity index is 672. The molecule has 6 nitrogen and oxygen atoms in total. The summed E-state index contributed by atoms with van der Waals surface area (Å²) in [7, 11) is 0. The van der Waals surface area contributed by atoms with Crippen LogP contribution in [0.1, 0.15) is 24.9 Å². The molecule has 0 radical (unpaired) electrons. The van der Waals surface area contributed by atoms with Crippen LogP contribution in [-0.4, -0.2) is 39.2 Å². The predicted molar refractivity (Wildman–Crippen MR) is 79.3 cm³/mol. The Morgan fingerprint density at radius 3 is 2.74 bits per heavy atom. The molecule has 1 aromatic carbocycles. The van der Waals surface area contributed by atoms with Crippen LogP contribution in [0.25, 0.3) is 5.69 Å². The maximum absolute atomic E-state index is 13.1. The van der Waals surface area contributed by atoms with Gasteiger partial charge < -0.3 is 5.32 Å². The molecule has 1 fully saturated rings. The van der Waals surface area contributed by atoms with Gasteiger partial charge in [0, 0.05) is 6.42 Å². The standard InChI is InChI=1S/C15H17F2N5O/c1-10(21-14(23)13-6-15(16,17)7-19-13)11-2-4-12(5-3-11)22-9-18-8-20-22/h2-5,8-10,13,19H,6-7H2,1H3,(H,21,23). The van der Waals surface area contributed by atoms with Gasteiger partial charge in [-0.1, -0.05) is 12.1 Å². The van der Waals surface area contributed by atoms with Gasteiger partial charge in [0.2, 0.25) is 5.91 Å². The second kappa shape index (κ2) is 6.04. The molecule has 2 N–H and O–H groups in total. The Morgan fingerprint density at radius 2 is 2.17 bits per heavy atom. The molecule has 0 aliphatic carbocycles. The van der Waals surface area contributed by atoms with Crippen LogP contribution >= 0.6 is 0 Å². The molecule has 3 rings (SSSR count). The number of amides is 1. The van der Waals surface area contributed by atoms with Crippen LogP contribution in [0.5, 0.6) is 0 Å². The maximum Gasteiger partial charge on any atom is 0.262 e. The molecule has 0 saturated carbocycles. The van der Waals surface area contributed by atoms with E-state index in [2.05, 4.69) is 20.7 Å². The molecule has 1 saturated heterocycles. The molecule has 2 aromatic rings. The van der Waals surface area contributed by atoms with Crippen molar-refractivity contribution >= 4 is 5.91 Å². The van der Waals surface area contributed by atoms with Crippen molar-refractivity contribution in [2.75, 3.05) is 6.54 Å². The topological polar surface area (TPSA) is 71.8 Å². The molecule has 122 valence electrons. The van der Waals surface area contributed by atoms with Crippen LogP contribution < -0.4 is 10.6 Å². The fraction of sp³-hybridized carbons (Fsp3) is 0.400.